The highest BCUT2D eigenvalue weighted by atomic mass is 19.1. The molecule has 0 amide bonds. The van der Waals surface area contributed by atoms with Crippen molar-refractivity contribution in [3.05, 3.63) is 23.8 Å². The Morgan fingerprint density at radius 1 is 1.07 bits per heavy atom. The quantitative estimate of drug-likeness (QED) is 0.361. The van der Waals surface area contributed by atoms with Gasteiger partial charge in [0.15, 0.2) is 12.1 Å². The Labute approximate surface area is 276 Å². The number of likely N-dealkylation sites (tertiary alicyclic amines) is 1. The molecule has 3 aliphatic rings. The zero-order chi connectivity index (χ0) is 34.0. The van der Waals surface area contributed by atoms with Crippen molar-refractivity contribution in [2.75, 3.05) is 40.4 Å². The van der Waals surface area contributed by atoms with Crippen molar-refractivity contribution in [2.24, 2.45) is 23.7 Å². The second-order valence-electron chi connectivity index (χ2n) is 14.2. The predicted molar refractivity (Wildman–Crippen MR) is 177 cm³/mol. The number of piperidine rings is 1. The van der Waals surface area contributed by atoms with E-state index in [0.717, 1.165) is 31.6 Å². The topological polar surface area (TPSA) is 109 Å². The lowest BCUT2D eigenvalue weighted by Gasteiger charge is -2.44. The van der Waals surface area contributed by atoms with Gasteiger partial charge in [0.1, 0.15) is 6.10 Å². The van der Waals surface area contributed by atoms with Crippen molar-refractivity contribution in [1.82, 2.24) is 9.80 Å². The van der Waals surface area contributed by atoms with E-state index in [9.17, 15) is 24.2 Å². The number of likely N-dealkylation sites (N-methyl/N-ethyl adjacent to an activating group) is 1. The molecule has 0 aliphatic carbocycles. The molecule has 11 unspecified atom stereocenters. The summed E-state index contributed by atoms with van der Waals surface area (Å²) < 4.78 is 32.8. The number of nitrogens with zero attached hydrogens (tertiary/aromatic N) is 2. The smallest absolute Gasteiger partial charge is 0.308 e. The zero-order valence-electron chi connectivity index (χ0n) is 29.3. The molecule has 264 valence electrons. The number of allylic oxidation sites excluding steroid dienone is 3. The molecular formula is C36H61FN2O7. The standard InChI is InChI=1S/C36H61FN2O7/c1-8-32-28(22-37)18-23(2)12-13-30(40)24(3)19-27(14-17-39-15-10-9-11-16-39)36(25(4)31(41)21-33(42)45-32)46-34-20-29(38(6)7)35(43)26(5)44-34/h12-13,18,24-29,31-32,34-36,41,43H,8-11,14-17,19-22H2,1-7H3/b13-12+,23-18+. The minimum atomic E-state index is -1.09. The van der Waals surface area contributed by atoms with E-state index >= 15 is 0 Å². The Kier molecular flexibility index (Phi) is 15.8. The Morgan fingerprint density at radius 2 is 1.76 bits per heavy atom. The average molecular weight is 653 g/mol. The predicted octanol–water partition coefficient (Wildman–Crippen LogP) is 4.70. The summed E-state index contributed by atoms with van der Waals surface area (Å²) >= 11 is 0. The number of alkyl halides is 1. The molecule has 0 aromatic rings. The molecule has 9 nitrogen and oxygen atoms in total. The second-order valence-corrected chi connectivity index (χ2v) is 14.2. The Hall–Kier alpha value is -1.69. The van der Waals surface area contributed by atoms with Crippen LogP contribution in [0.25, 0.3) is 0 Å². The van der Waals surface area contributed by atoms with Crippen LogP contribution in [0.3, 0.4) is 0 Å². The molecule has 3 rings (SSSR count). The van der Waals surface area contributed by atoms with Gasteiger partial charge in [-0.3, -0.25) is 14.0 Å². The average Bonchev–Trinajstić information content (AvgIpc) is 3.03. The Balaban J connectivity index is 1.99. The summed E-state index contributed by atoms with van der Waals surface area (Å²) in [4.78, 5) is 31.0. The van der Waals surface area contributed by atoms with Gasteiger partial charge in [-0.2, -0.15) is 0 Å². The van der Waals surface area contributed by atoms with Crippen molar-refractivity contribution in [2.45, 2.75) is 129 Å². The molecule has 0 saturated carbocycles. The molecule has 0 bridgehead atoms. The fourth-order valence-electron chi connectivity index (χ4n) is 7.27. The van der Waals surface area contributed by atoms with E-state index in [-0.39, 0.29) is 30.1 Å². The van der Waals surface area contributed by atoms with Crippen LogP contribution in [0.1, 0.15) is 86.0 Å². The largest absolute Gasteiger partial charge is 0.462 e. The number of carbonyl (C=O) groups is 2. The van der Waals surface area contributed by atoms with Crippen molar-refractivity contribution < 1.29 is 38.4 Å². The van der Waals surface area contributed by atoms with Crippen LogP contribution in [0.15, 0.2) is 23.8 Å². The molecule has 2 N–H and O–H groups in total. The van der Waals surface area contributed by atoms with Crippen molar-refractivity contribution in [1.29, 1.82) is 0 Å². The van der Waals surface area contributed by atoms with E-state index in [4.69, 9.17) is 14.2 Å². The van der Waals surface area contributed by atoms with Crippen LogP contribution in [0.5, 0.6) is 0 Å². The summed E-state index contributed by atoms with van der Waals surface area (Å²) in [5, 5.41) is 22.3. The van der Waals surface area contributed by atoms with E-state index in [1.54, 1.807) is 18.2 Å². The van der Waals surface area contributed by atoms with Gasteiger partial charge < -0.3 is 34.2 Å². The number of aliphatic hydroxyl groups is 2. The molecule has 0 aromatic carbocycles. The number of aliphatic hydroxyl groups excluding tert-OH is 2. The van der Waals surface area contributed by atoms with Crippen LogP contribution in [-0.2, 0) is 23.8 Å². The highest BCUT2D eigenvalue weighted by Crippen LogP contribution is 2.35. The van der Waals surface area contributed by atoms with Gasteiger partial charge in [0, 0.05) is 30.2 Å². The first kappa shape index (κ1) is 38.8. The number of halogens is 1. The molecule has 0 aromatic heterocycles. The maximum atomic E-state index is 14.1. The van der Waals surface area contributed by atoms with E-state index in [2.05, 4.69) is 4.90 Å². The first-order chi connectivity index (χ1) is 21.8. The third-order valence-electron chi connectivity index (χ3n) is 10.3. The summed E-state index contributed by atoms with van der Waals surface area (Å²) in [6.07, 6.45) is 6.32. The number of hydrogen-bond acceptors (Lipinski definition) is 9. The Morgan fingerprint density at radius 3 is 2.39 bits per heavy atom. The van der Waals surface area contributed by atoms with Gasteiger partial charge in [0.2, 0.25) is 0 Å². The number of hydrogen-bond donors (Lipinski definition) is 2. The minimum absolute atomic E-state index is 0.0247. The van der Waals surface area contributed by atoms with Gasteiger partial charge in [0.05, 0.1) is 37.5 Å². The maximum Gasteiger partial charge on any atom is 0.308 e. The van der Waals surface area contributed by atoms with Gasteiger partial charge in [0.25, 0.3) is 0 Å². The van der Waals surface area contributed by atoms with E-state index in [1.165, 1.54) is 19.3 Å². The number of esters is 1. The molecule has 2 fully saturated rings. The molecule has 10 heteroatoms. The fraction of sp³-hybridized carbons (Fsp3) is 0.833. The zero-order valence-corrected chi connectivity index (χ0v) is 29.3. The number of ether oxygens (including phenoxy) is 3. The van der Waals surface area contributed by atoms with Gasteiger partial charge >= 0.3 is 5.97 Å². The molecule has 11 atom stereocenters. The van der Waals surface area contributed by atoms with Gasteiger partial charge in [-0.25, -0.2) is 0 Å². The fourth-order valence-corrected chi connectivity index (χ4v) is 7.27. The van der Waals surface area contributed by atoms with Gasteiger partial charge in [-0.15, -0.1) is 0 Å². The Bertz CT molecular complexity index is 1020. The highest BCUT2D eigenvalue weighted by molar-refractivity contribution is 5.91. The summed E-state index contributed by atoms with van der Waals surface area (Å²) in [6.45, 7) is 11.5. The molecule has 0 radical (unpaired) electrons. The first-order valence-corrected chi connectivity index (χ1v) is 17.6. The summed E-state index contributed by atoms with van der Waals surface area (Å²) in [5.41, 5.74) is 0.725. The van der Waals surface area contributed by atoms with Crippen molar-refractivity contribution in [3.63, 3.8) is 0 Å². The van der Waals surface area contributed by atoms with Crippen LogP contribution in [-0.4, -0.2) is 115 Å². The third-order valence-corrected chi connectivity index (χ3v) is 10.3. The summed E-state index contributed by atoms with van der Waals surface area (Å²) in [7, 11) is 3.84. The third kappa shape index (κ3) is 11.2. The lowest BCUT2D eigenvalue weighted by atomic mass is 9.79. The lowest BCUT2D eigenvalue weighted by molar-refractivity contribution is -0.265. The van der Waals surface area contributed by atoms with Crippen LogP contribution < -0.4 is 0 Å². The van der Waals surface area contributed by atoms with Gasteiger partial charge in [-0.1, -0.05) is 44.9 Å². The van der Waals surface area contributed by atoms with E-state index in [1.807, 2.05) is 53.6 Å². The lowest BCUT2D eigenvalue weighted by Crippen LogP contribution is -2.55. The van der Waals surface area contributed by atoms with Crippen LogP contribution >= 0.6 is 0 Å². The first-order valence-electron chi connectivity index (χ1n) is 17.6. The SMILES string of the molecule is CCC1OC(=O)CC(O)C(C)C(OC2CC(N(C)C)C(O)C(C)O2)C(CCN2CCCCC2)CC(C)C(=O)/C=C/C(C)=C/C1CF. The summed E-state index contributed by atoms with van der Waals surface area (Å²) in [5.74, 6) is -2.22. The maximum absolute atomic E-state index is 14.1. The normalized spacial score (nSPS) is 39.9. The van der Waals surface area contributed by atoms with E-state index in [0.29, 0.717) is 19.3 Å². The molecule has 2 saturated heterocycles. The highest BCUT2D eigenvalue weighted by Gasteiger charge is 2.42. The molecule has 3 heterocycles. The molecule has 0 spiro atoms. The number of carbonyl (C=O) groups excluding carboxylic acids is 2. The number of ketones is 1. The number of cyclic esters (lactones) is 1. The minimum Gasteiger partial charge on any atom is -0.462 e. The second kappa shape index (κ2) is 18.7. The molecule has 46 heavy (non-hydrogen) atoms. The summed E-state index contributed by atoms with van der Waals surface area (Å²) in [6, 6.07) is -0.182. The van der Waals surface area contributed by atoms with Crippen LogP contribution in [0.2, 0.25) is 0 Å². The van der Waals surface area contributed by atoms with Crippen LogP contribution in [0.4, 0.5) is 4.39 Å². The van der Waals surface area contributed by atoms with Crippen molar-refractivity contribution in [3.8, 4) is 0 Å². The van der Waals surface area contributed by atoms with Gasteiger partial charge in [-0.05, 0) is 91.7 Å². The monoisotopic (exact) mass is 652 g/mol. The van der Waals surface area contributed by atoms with Crippen molar-refractivity contribution >= 4 is 11.8 Å². The van der Waals surface area contributed by atoms with E-state index < -0.39 is 61.3 Å². The van der Waals surface area contributed by atoms with Crippen LogP contribution in [0, 0.1) is 23.7 Å². The molecule has 3 aliphatic heterocycles. The molecular weight excluding hydrogens is 591 g/mol. The number of rotatable bonds is 8.